The van der Waals surface area contributed by atoms with Gasteiger partial charge in [-0.05, 0) is 187 Å². The maximum absolute atomic E-state index is 2.58. The quantitative estimate of drug-likeness (QED) is 0.128. The number of hydrogen-bond donors (Lipinski definition) is 0. The largest absolute Gasteiger partial charge is 0.310 e. The van der Waals surface area contributed by atoms with Crippen LogP contribution in [0.3, 0.4) is 0 Å². The van der Waals surface area contributed by atoms with E-state index in [0.29, 0.717) is 0 Å². The third-order valence-electron chi connectivity index (χ3n) is 18.5. The van der Waals surface area contributed by atoms with Crippen molar-refractivity contribution in [3.8, 4) is 50.2 Å². The average molecular weight is 1150 g/mol. The van der Waals surface area contributed by atoms with Crippen LogP contribution in [0.2, 0.25) is 0 Å². The van der Waals surface area contributed by atoms with E-state index in [1.807, 2.05) is 0 Å². The Bertz CT molecular complexity index is 5540. The Morgan fingerprint density at radius 2 is 0.544 bits per heavy atom. The van der Waals surface area contributed by atoms with Crippen LogP contribution in [0.1, 0.15) is 0 Å². The van der Waals surface area contributed by atoms with Crippen LogP contribution in [0.15, 0.2) is 340 Å². The van der Waals surface area contributed by atoms with Gasteiger partial charge in [0.25, 0.3) is 0 Å². The van der Waals surface area contributed by atoms with Crippen molar-refractivity contribution in [3.05, 3.63) is 340 Å². The number of aromatic nitrogens is 2. The van der Waals surface area contributed by atoms with Crippen LogP contribution in [0, 0.1) is 0 Å². The molecule has 0 aliphatic heterocycles. The lowest BCUT2D eigenvalue weighted by Gasteiger charge is -2.26. The van der Waals surface area contributed by atoms with Gasteiger partial charge in [0.2, 0.25) is 0 Å². The van der Waals surface area contributed by atoms with Crippen molar-refractivity contribution in [1.29, 1.82) is 0 Å². The zero-order valence-corrected chi connectivity index (χ0v) is 49.1. The molecule has 0 radical (unpaired) electrons. The minimum atomic E-state index is 1.09. The molecular formula is C86H56N4. The molecule has 4 heteroatoms. The zero-order valence-electron chi connectivity index (χ0n) is 49.1. The van der Waals surface area contributed by atoms with Crippen LogP contribution in [-0.2, 0) is 0 Å². The summed E-state index contributed by atoms with van der Waals surface area (Å²) in [4.78, 5) is 4.80. The monoisotopic (exact) mass is 1140 g/mol. The molecule has 0 fully saturated rings. The molecule has 420 valence electrons. The van der Waals surface area contributed by atoms with Crippen molar-refractivity contribution in [2.45, 2.75) is 0 Å². The SMILES string of the molecule is c1ccc(-c2ccc(N(c3ccc(-c4ccccc4)cc3)c3ccc4cc5c(cc4c3)c3cc4c6ccccc6n(-c6ccccc6)c4c4c6cc7cc(N(c8ccc(-c9ccccc9)cc8)c8ccc(-c9ccccc9)cc8)ccc7cc6n5c34)cc2)cc1. The molecule has 0 saturated carbocycles. The van der Waals surface area contributed by atoms with E-state index in [0.717, 1.165) is 39.8 Å². The number of para-hydroxylation sites is 2. The van der Waals surface area contributed by atoms with E-state index >= 15 is 0 Å². The molecule has 18 rings (SSSR count). The number of anilines is 6. The normalized spacial score (nSPS) is 11.8. The topological polar surface area (TPSA) is 15.8 Å². The number of rotatable bonds is 11. The lowest BCUT2D eigenvalue weighted by Crippen LogP contribution is -2.09. The van der Waals surface area contributed by atoms with Gasteiger partial charge in [0.15, 0.2) is 0 Å². The van der Waals surface area contributed by atoms with E-state index in [1.54, 1.807) is 0 Å². The van der Waals surface area contributed by atoms with Crippen LogP contribution in [0.25, 0.3) is 132 Å². The van der Waals surface area contributed by atoms with Crippen LogP contribution in [-0.4, -0.2) is 8.97 Å². The van der Waals surface area contributed by atoms with Crippen molar-refractivity contribution in [2.24, 2.45) is 0 Å². The number of fused-ring (bicyclic) bond motifs is 12. The van der Waals surface area contributed by atoms with Gasteiger partial charge >= 0.3 is 0 Å². The van der Waals surface area contributed by atoms with Crippen molar-refractivity contribution in [1.82, 2.24) is 8.97 Å². The molecule has 0 bridgehead atoms. The molecule has 4 nitrogen and oxygen atoms in total. The molecule has 0 aliphatic carbocycles. The Labute approximate surface area is 521 Å². The first-order valence-electron chi connectivity index (χ1n) is 31.0. The second-order valence-corrected chi connectivity index (χ2v) is 23.7. The highest BCUT2D eigenvalue weighted by Gasteiger charge is 2.26. The van der Waals surface area contributed by atoms with Crippen molar-refractivity contribution >= 4 is 116 Å². The molecule has 0 N–H and O–H groups in total. The van der Waals surface area contributed by atoms with Gasteiger partial charge in [0.1, 0.15) is 0 Å². The summed E-state index contributed by atoms with van der Waals surface area (Å²) in [5, 5.41) is 12.1. The molecule has 0 aliphatic rings. The fourth-order valence-electron chi connectivity index (χ4n) is 14.3. The molecule has 0 saturated heterocycles. The summed E-state index contributed by atoms with van der Waals surface area (Å²) in [5.41, 5.74) is 23.2. The van der Waals surface area contributed by atoms with Gasteiger partial charge in [-0.25, -0.2) is 0 Å². The van der Waals surface area contributed by atoms with Gasteiger partial charge in [-0.2, -0.15) is 0 Å². The molecule has 0 atom stereocenters. The first kappa shape index (κ1) is 51.3. The summed E-state index contributed by atoms with van der Waals surface area (Å²) in [7, 11) is 0. The number of benzene rings is 15. The Hall–Kier alpha value is -12.0. The van der Waals surface area contributed by atoms with E-state index < -0.39 is 0 Å². The predicted octanol–water partition coefficient (Wildman–Crippen LogP) is 23.8. The lowest BCUT2D eigenvalue weighted by atomic mass is 9.99. The van der Waals surface area contributed by atoms with E-state index in [4.69, 9.17) is 0 Å². The molecule has 0 amide bonds. The van der Waals surface area contributed by atoms with Gasteiger partial charge in [0, 0.05) is 72.1 Å². The van der Waals surface area contributed by atoms with E-state index in [-0.39, 0.29) is 0 Å². The predicted molar refractivity (Wildman–Crippen MR) is 382 cm³/mol. The number of nitrogens with zero attached hydrogens (tertiary/aromatic N) is 4. The summed E-state index contributed by atoms with van der Waals surface area (Å²) >= 11 is 0. The standard InChI is InChI=1S/C86H56N4/c1-6-18-57(19-7-1)61-30-40-70(41-31-61)87(71-42-32-62(33-43-71)58-20-8-2-9-21-58)74-48-38-65-54-82-77(52-67(65)50-74)79-56-78-76-28-16-17-29-81(76)89(69-26-14-5-15-27-69)85(78)84-80-53-68-51-75(49-39-66(68)55-83(80)90(82)86(79)84)88(72-44-34-63(35-45-72)59-22-10-3-11-23-59)73-46-36-64(37-47-73)60-24-12-4-13-25-60/h1-56H. The van der Waals surface area contributed by atoms with Crippen molar-refractivity contribution in [3.63, 3.8) is 0 Å². The van der Waals surface area contributed by atoms with Crippen molar-refractivity contribution in [2.75, 3.05) is 9.80 Å². The average Bonchev–Trinajstić information content (AvgIpc) is 1.52. The van der Waals surface area contributed by atoms with E-state index in [9.17, 15) is 0 Å². The minimum Gasteiger partial charge on any atom is -0.310 e. The molecule has 0 unspecified atom stereocenters. The van der Waals surface area contributed by atoms with Gasteiger partial charge in [0.05, 0.1) is 27.6 Å². The summed E-state index contributed by atoms with van der Waals surface area (Å²) in [6.45, 7) is 0. The smallest absolute Gasteiger partial charge is 0.0642 e. The van der Waals surface area contributed by atoms with Crippen LogP contribution < -0.4 is 9.80 Å². The Balaban J connectivity index is 0.842. The van der Waals surface area contributed by atoms with Crippen LogP contribution in [0.5, 0.6) is 0 Å². The van der Waals surface area contributed by atoms with Gasteiger partial charge in [-0.3, -0.25) is 0 Å². The zero-order chi connectivity index (χ0) is 59.2. The molecule has 3 heterocycles. The van der Waals surface area contributed by atoms with E-state index in [2.05, 4.69) is 358 Å². The van der Waals surface area contributed by atoms with Crippen molar-refractivity contribution < 1.29 is 0 Å². The highest BCUT2D eigenvalue weighted by molar-refractivity contribution is 6.35. The maximum atomic E-state index is 2.58. The summed E-state index contributed by atoms with van der Waals surface area (Å²) < 4.78 is 5.08. The molecule has 15 aromatic carbocycles. The summed E-state index contributed by atoms with van der Waals surface area (Å²) in [6, 6.07) is 125. The van der Waals surface area contributed by atoms with Crippen LogP contribution >= 0.6 is 0 Å². The van der Waals surface area contributed by atoms with E-state index in [1.165, 1.54) is 126 Å². The maximum Gasteiger partial charge on any atom is 0.0642 e. The second-order valence-electron chi connectivity index (χ2n) is 23.7. The lowest BCUT2D eigenvalue weighted by molar-refractivity contribution is 1.19. The highest BCUT2D eigenvalue weighted by Crippen LogP contribution is 2.49. The molecule has 90 heavy (non-hydrogen) atoms. The Kier molecular flexibility index (Phi) is 11.9. The minimum absolute atomic E-state index is 1.09. The Morgan fingerprint density at radius 3 is 0.978 bits per heavy atom. The first-order valence-corrected chi connectivity index (χ1v) is 31.0. The summed E-state index contributed by atoms with van der Waals surface area (Å²) in [6.07, 6.45) is 0. The van der Waals surface area contributed by atoms with Crippen LogP contribution in [0.4, 0.5) is 34.1 Å². The van der Waals surface area contributed by atoms with Gasteiger partial charge in [-0.1, -0.05) is 218 Å². The molecule has 3 aromatic heterocycles. The summed E-state index contributed by atoms with van der Waals surface area (Å²) in [5.74, 6) is 0. The third kappa shape index (κ3) is 8.45. The van der Waals surface area contributed by atoms with Gasteiger partial charge in [-0.15, -0.1) is 0 Å². The molecule has 0 spiro atoms. The highest BCUT2D eigenvalue weighted by atomic mass is 15.1. The fourth-order valence-corrected chi connectivity index (χ4v) is 14.3. The van der Waals surface area contributed by atoms with Gasteiger partial charge < -0.3 is 18.8 Å². The number of hydrogen-bond acceptors (Lipinski definition) is 2. The molecular weight excluding hydrogens is 1090 g/mol. The first-order chi connectivity index (χ1) is 44.6. The molecule has 18 aromatic rings. The third-order valence-corrected chi connectivity index (χ3v) is 18.5. The second kappa shape index (κ2) is 20.9. The fraction of sp³-hybridized carbons (Fsp3) is 0. The Morgan fingerprint density at radius 1 is 0.200 bits per heavy atom.